The molecule has 0 spiro atoms. The van der Waals surface area contributed by atoms with Crippen molar-refractivity contribution in [1.82, 2.24) is 15.5 Å². The summed E-state index contributed by atoms with van der Waals surface area (Å²) in [4.78, 5) is 28.4. The maximum absolute atomic E-state index is 12.6. The number of thiophene rings is 1. The standard InChI is InChI=1S/C16H18N4O3S/c1-23-12(21)5-10-8-17-16(22)15-13-11(3-2-4-20(10)13)14(24-15)9-6-18-19-7-9/h6-7,10H,2-5,8H2,1H3,(H,17,22)(H,18,19)/t10-/m1/s1. The van der Waals surface area contributed by atoms with Gasteiger partial charge in [0.1, 0.15) is 4.88 Å². The van der Waals surface area contributed by atoms with Gasteiger partial charge in [0.05, 0.1) is 31.5 Å². The summed E-state index contributed by atoms with van der Waals surface area (Å²) < 4.78 is 4.83. The Morgan fingerprint density at radius 2 is 2.38 bits per heavy atom. The third-order valence-corrected chi connectivity index (χ3v) is 5.90. The van der Waals surface area contributed by atoms with E-state index in [2.05, 4.69) is 20.4 Å². The summed E-state index contributed by atoms with van der Waals surface area (Å²) in [6.45, 7) is 1.30. The van der Waals surface area contributed by atoms with Crippen molar-refractivity contribution in [2.24, 2.45) is 0 Å². The molecule has 2 aromatic rings. The zero-order valence-corrected chi connectivity index (χ0v) is 14.1. The number of ether oxygens (including phenoxy) is 1. The van der Waals surface area contributed by atoms with Crippen LogP contribution in [0.25, 0.3) is 10.4 Å². The number of esters is 1. The average molecular weight is 346 g/mol. The van der Waals surface area contributed by atoms with Crippen molar-refractivity contribution in [2.45, 2.75) is 25.3 Å². The first kappa shape index (κ1) is 15.2. The van der Waals surface area contributed by atoms with Crippen molar-refractivity contribution >= 4 is 28.9 Å². The van der Waals surface area contributed by atoms with Gasteiger partial charge < -0.3 is 15.0 Å². The van der Waals surface area contributed by atoms with E-state index >= 15 is 0 Å². The Morgan fingerprint density at radius 1 is 1.50 bits per heavy atom. The largest absolute Gasteiger partial charge is 0.469 e. The third kappa shape index (κ3) is 2.37. The lowest BCUT2D eigenvalue weighted by atomic mass is 9.98. The monoisotopic (exact) mass is 346 g/mol. The molecule has 0 unspecified atom stereocenters. The van der Waals surface area contributed by atoms with Crippen LogP contribution < -0.4 is 10.2 Å². The van der Waals surface area contributed by atoms with Gasteiger partial charge in [0.25, 0.3) is 5.91 Å². The molecule has 1 atom stereocenters. The summed E-state index contributed by atoms with van der Waals surface area (Å²) in [6.07, 6.45) is 5.84. The fourth-order valence-electron chi connectivity index (χ4n) is 3.52. The highest BCUT2D eigenvalue weighted by Crippen LogP contribution is 2.46. The highest BCUT2D eigenvalue weighted by atomic mass is 32.1. The predicted molar refractivity (Wildman–Crippen MR) is 90.3 cm³/mol. The van der Waals surface area contributed by atoms with Crippen LogP contribution in [0.5, 0.6) is 0 Å². The maximum atomic E-state index is 12.6. The van der Waals surface area contributed by atoms with E-state index in [1.807, 2.05) is 6.20 Å². The number of nitrogens with one attached hydrogen (secondary N) is 2. The van der Waals surface area contributed by atoms with Crippen LogP contribution >= 0.6 is 11.3 Å². The Hall–Kier alpha value is -2.35. The Bertz CT molecular complexity index is 784. The number of methoxy groups -OCH3 is 1. The minimum Gasteiger partial charge on any atom is -0.469 e. The van der Waals surface area contributed by atoms with Gasteiger partial charge in [-0.05, 0) is 18.4 Å². The Morgan fingerprint density at radius 3 is 3.12 bits per heavy atom. The summed E-state index contributed by atoms with van der Waals surface area (Å²) in [5.41, 5.74) is 3.18. The minimum atomic E-state index is -0.255. The molecule has 7 nitrogen and oxygen atoms in total. The molecule has 8 heteroatoms. The number of aromatic nitrogens is 2. The lowest BCUT2D eigenvalue weighted by Crippen LogP contribution is -2.44. The number of carbonyl (C=O) groups is 2. The second-order valence-electron chi connectivity index (χ2n) is 6.02. The summed E-state index contributed by atoms with van der Waals surface area (Å²) >= 11 is 1.51. The number of H-pyrrole nitrogens is 1. The Kier molecular flexibility index (Phi) is 3.76. The first-order chi connectivity index (χ1) is 11.7. The number of nitrogens with zero attached hydrogens (tertiary/aromatic N) is 2. The molecule has 0 radical (unpaired) electrons. The molecule has 0 saturated heterocycles. The van der Waals surface area contributed by atoms with Crippen molar-refractivity contribution in [3.8, 4) is 10.4 Å². The van der Waals surface area contributed by atoms with Gasteiger partial charge in [-0.1, -0.05) is 0 Å². The highest BCUT2D eigenvalue weighted by molar-refractivity contribution is 7.18. The fraction of sp³-hybridized carbons (Fsp3) is 0.438. The Balaban J connectivity index is 1.81. The SMILES string of the molecule is COC(=O)C[C@@H]1CNC(=O)c2sc(-c3cn[nH]c3)c3c2N1CCC3. The zero-order valence-electron chi connectivity index (χ0n) is 13.3. The van der Waals surface area contributed by atoms with E-state index in [1.165, 1.54) is 24.0 Å². The summed E-state index contributed by atoms with van der Waals surface area (Å²) in [7, 11) is 1.40. The van der Waals surface area contributed by atoms with Crippen LogP contribution in [0, 0.1) is 0 Å². The molecule has 0 fully saturated rings. The van der Waals surface area contributed by atoms with Crippen molar-refractivity contribution in [3.05, 3.63) is 22.8 Å². The van der Waals surface area contributed by atoms with Crippen molar-refractivity contribution in [2.75, 3.05) is 25.1 Å². The number of amides is 1. The van der Waals surface area contributed by atoms with E-state index in [1.54, 1.807) is 6.20 Å². The normalized spacial score (nSPS) is 19.5. The van der Waals surface area contributed by atoms with Crippen LogP contribution in [0.3, 0.4) is 0 Å². The molecule has 4 heterocycles. The first-order valence-corrected chi connectivity index (χ1v) is 8.77. The van der Waals surface area contributed by atoms with E-state index in [4.69, 9.17) is 4.74 Å². The molecule has 1 amide bonds. The summed E-state index contributed by atoms with van der Waals surface area (Å²) in [5, 5.41) is 9.82. The molecule has 0 aliphatic carbocycles. The molecule has 0 aromatic carbocycles. The van der Waals surface area contributed by atoms with E-state index < -0.39 is 0 Å². The first-order valence-electron chi connectivity index (χ1n) is 7.95. The summed E-state index contributed by atoms with van der Waals surface area (Å²) in [5.74, 6) is -0.319. The number of anilines is 1. The lowest BCUT2D eigenvalue weighted by Gasteiger charge is -2.35. The highest BCUT2D eigenvalue weighted by Gasteiger charge is 2.36. The number of hydrogen-bond donors (Lipinski definition) is 2. The van der Waals surface area contributed by atoms with Gasteiger partial charge in [-0.25, -0.2) is 0 Å². The quantitative estimate of drug-likeness (QED) is 0.824. The zero-order chi connectivity index (χ0) is 16.7. The molecule has 0 bridgehead atoms. The number of hydrogen-bond acceptors (Lipinski definition) is 6. The maximum Gasteiger partial charge on any atom is 0.307 e. The number of rotatable bonds is 3. The van der Waals surface area contributed by atoms with Gasteiger partial charge in [0, 0.05) is 29.7 Å². The van der Waals surface area contributed by atoms with E-state index in [0.29, 0.717) is 6.54 Å². The molecule has 2 N–H and O–H groups in total. The van der Waals surface area contributed by atoms with E-state index in [0.717, 1.165) is 40.4 Å². The van der Waals surface area contributed by atoms with E-state index in [-0.39, 0.29) is 24.3 Å². The molecular formula is C16H18N4O3S. The predicted octanol–water partition coefficient (Wildman–Crippen LogP) is 1.57. The molecule has 126 valence electrons. The van der Waals surface area contributed by atoms with Crippen molar-refractivity contribution in [1.29, 1.82) is 0 Å². The Labute approximate surface area is 143 Å². The summed E-state index contributed by atoms with van der Waals surface area (Å²) in [6, 6.07) is -0.0755. The van der Waals surface area contributed by atoms with Gasteiger partial charge in [-0.15, -0.1) is 11.3 Å². The van der Waals surface area contributed by atoms with Crippen LogP contribution in [0.2, 0.25) is 0 Å². The molecule has 0 saturated carbocycles. The molecule has 2 aliphatic rings. The van der Waals surface area contributed by atoms with Crippen LogP contribution in [-0.4, -0.2) is 48.3 Å². The van der Waals surface area contributed by atoms with Gasteiger partial charge >= 0.3 is 5.97 Å². The second-order valence-corrected chi connectivity index (χ2v) is 7.04. The fourth-order valence-corrected chi connectivity index (χ4v) is 4.77. The molecular weight excluding hydrogens is 328 g/mol. The number of aromatic amines is 1. The molecule has 4 rings (SSSR count). The third-order valence-electron chi connectivity index (χ3n) is 4.63. The number of carbonyl (C=O) groups excluding carboxylic acids is 2. The van der Waals surface area contributed by atoms with Crippen molar-refractivity contribution in [3.63, 3.8) is 0 Å². The molecule has 24 heavy (non-hydrogen) atoms. The van der Waals surface area contributed by atoms with Crippen LogP contribution in [0.1, 0.15) is 28.1 Å². The van der Waals surface area contributed by atoms with Gasteiger partial charge in [-0.3, -0.25) is 14.7 Å². The average Bonchev–Trinajstić information content (AvgIpc) is 3.22. The lowest BCUT2D eigenvalue weighted by molar-refractivity contribution is -0.141. The van der Waals surface area contributed by atoms with Gasteiger partial charge in [0.2, 0.25) is 0 Å². The molecule has 2 aliphatic heterocycles. The topological polar surface area (TPSA) is 87.3 Å². The van der Waals surface area contributed by atoms with Gasteiger partial charge in [0.15, 0.2) is 0 Å². The van der Waals surface area contributed by atoms with E-state index in [9.17, 15) is 9.59 Å². The minimum absolute atomic E-state index is 0.0646. The van der Waals surface area contributed by atoms with Crippen LogP contribution in [-0.2, 0) is 16.0 Å². The second kappa shape index (κ2) is 5.94. The van der Waals surface area contributed by atoms with Crippen LogP contribution in [0.15, 0.2) is 12.4 Å². The van der Waals surface area contributed by atoms with Crippen LogP contribution in [0.4, 0.5) is 5.69 Å². The molecule has 2 aromatic heterocycles. The van der Waals surface area contributed by atoms with Crippen molar-refractivity contribution < 1.29 is 14.3 Å². The van der Waals surface area contributed by atoms with Gasteiger partial charge in [-0.2, -0.15) is 5.10 Å². The smallest absolute Gasteiger partial charge is 0.307 e.